The highest BCUT2D eigenvalue weighted by molar-refractivity contribution is 14.0. The number of hydrogen-bond acceptors (Lipinski definition) is 3. The first kappa shape index (κ1) is 21.1. The van der Waals surface area contributed by atoms with Gasteiger partial charge in [0.1, 0.15) is 0 Å². The third-order valence-electron chi connectivity index (χ3n) is 7.17. The van der Waals surface area contributed by atoms with Crippen molar-refractivity contribution >= 4 is 35.8 Å². The van der Waals surface area contributed by atoms with Gasteiger partial charge < -0.3 is 19.9 Å². The Morgan fingerprint density at radius 3 is 2.37 bits per heavy atom. The first-order valence-corrected chi connectivity index (χ1v) is 10.5. The molecule has 6 nitrogen and oxygen atoms in total. The molecule has 2 aliphatic carbocycles. The van der Waals surface area contributed by atoms with E-state index in [2.05, 4.69) is 15.2 Å². The predicted molar refractivity (Wildman–Crippen MR) is 117 cm³/mol. The zero-order valence-corrected chi connectivity index (χ0v) is 19.3. The lowest BCUT2D eigenvalue weighted by Crippen LogP contribution is -2.70. The van der Waals surface area contributed by atoms with Crippen molar-refractivity contribution in [1.82, 2.24) is 15.1 Å². The Bertz CT molecular complexity index is 568. The van der Waals surface area contributed by atoms with Crippen LogP contribution < -0.4 is 5.32 Å². The second kappa shape index (κ2) is 8.43. The quantitative estimate of drug-likeness (QED) is 0.367. The van der Waals surface area contributed by atoms with Crippen LogP contribution in [0.25, 0.3) is 0 Å². The van der Waals surface area contributed by atoms with E-state index in [4.69, 9.17) is 4.74 Å². The van der Waals surface area contributed by atoms with Crippen LogP contribution >= 0.6 is 24.0 Å². The number of fused-ring (bicyclic) bond motifs is 2. The van der Waals surface area contributed by atoms with Gasteiger partial charge in [0.25, 0.3) is 0 Å². The molecule has 4 rings (SSSR count). The van der Waals surface area contributed by atoms with Crippen molar-refractivity contribution in [2.75, 3.05) is 39.8 Å². The number of nitrogens with zero attached hydrogens (tertiary/aromatic N) is 3. The van der Waals surface area contributed by atoms with Crippen LogP contribution in [0.3, 0.4) is 0 Å². The van der Waals surface area contributed by atoms with Crippen molar-refractivity contribution in [2.45, 2.75) is 58.1 Å². The van der Waals surface area contributed by atoms with Crippen LogP contribution in [0.2, 0.25) is 0 Å². The van der Waals surface area contributed by atoms with Crippen molar-refractivity contribution < 1.29 is 9.53 Å². The van der Waals surface area contributed by atoms with Gasteiger partial charge in [-0.2, -0.15) is 0 Å². The molecule has 2 saturated carbocycles. The van der Waals surface area contributed by atoms with Gasteiger partial charge in [0, 0.05) is 63.1 Å². The molecule has 27 heavy (non-hydrogen) atoms. The zero-order valence-electron chi connectivity index (χ0n) is 16.9. The third-order valence-corrected chi connectivity index (χ3v) is 7.17. The average Bonchev–Trinajstić information content (AvgIpc) is 3.31. The van der Waals surface area contributed by atoms with Crippen LogP contribution in [0.5, 0.6) is 0 Å². The van der Waals surface area contributed by atoms with Gasteiger partial charge in [0.2, 0.25) is 5.91 Å². The van der Waals surface area contributed by atoms with Gasteiger partial charge in [-0.3, -0.25) is 9.79 Å². The minimum Gasteiger partial charge on any atom is -0.377 e. The number of hydrogen-bond donors (Lipinski definition) is 1. The predicted octanol–water partition coefficient (Wildman–Crippen LogP) is 2.33. The number of aliphatic imine (C=N–C) groups is 1. The van der Waals surface area contributed by atoms with Crippen LogP contribution in [-0.4, -0.2) is 73.6 Å². The fraction of sp³-hybridized carbons (Fsp3) is 0.900. The van der Waals surface area contributed by atoms with Gasteiger partial charge >= 0.3 is 0 Å². The third kappa shape index (κ3) is 3.58. The summed E-state index contributed by atoms with van der Waals surface area (Å²) in [5.41, 5.74) is 0.340. The molecule has 1 amide bonds. The Kier molecular flexibility index (Phi) is 6.60. The van der Waals surface area contributed by atoms with E-state index in [-0.39, 0.29) is 35.8 Å². The maximum Gasteiger partial charge on any atom is 0.225 e. The van der Waals surface area contributed by atoms with E-state index < -0.39 is 0 Å². The Morgan fingerprint density at radius 2 is 1.78 bits per heavy atom. The van der Waals surface area contributed by atoms with Crippen LogP contribution in [0.1, 0.15) is 46.0 Å². The number of nitrogens with one attached hydrogen (secondary N) is 1. The summed E-state index contributed by atoms with van der Waals surface area (Å²) in [6.07, 6.45) is 6.90. The highest BCUT2D eigenvalue weighted by atomic mass is 127. The van der Waals surface area contributed by atoms with Crippen molar-refractivity contribution in [3.63, 3.8) is 0 Å². The largest absolute Gasteiger partial charge is 0.377 e. The van der Waals surface area contributed by atoms with E-state index in [0.29, 0.717) is 23.5 Å². The summed E-state index contributed by atoms with van der Waals surface area (Å²) in [5.74, 6) is 2.01. The molecule has 1 N–H and O–H groups in total. The van der Waals surface area contributed by atoms with Gasteiger partial charge in [-0.15, -0.1) is 24.0 Å². The van der Waals surface area contributed by atoms with Gasteiger partial charge in [0.05, 0.1) is 6.10 Å². The van der Waals surface area contributed by atoms with Gasteiger partial charge in [-0.1, -0.05) is 26.7 Å². The molecule has 2 aliphatic heterocycles. The van der Waals surface area contributed by atoms with Crippen LogP contribution in [0, 0.1) is 17.3 Å². The summed E-state index contributed by atoms with van der Waals surface area (Å²) >= 11 is 0. The first-order valence-electron chi connectivity index (χ1n) is 10.5. The normalized spacial score (nSPS) is 32.3. The number of rotatable bonds is 2. The molecule has 0 bridgehead atoms. The topological polar surface area (TPSA) is 57.2 Å². The van der Waals surface area contributed by atoms with E-state index in [9.17, 15) is 4.79 Å². The summed E-state index contributed by atoms with van der Waals surface area (Å²) in [5, 5.41) is 3.84. The van der Waals surface area contributed by atoms with Crippen LogP contribution in [0.15, 0.2) is 4.99 Å². The summed E-state index contributed by atoms with van der Waals surface area (Å²) < 4.78 is 6.11. The molecule has 0 aromatic heterocycles. The molecule has 0 aromatic carbocycles. The monoisotopic (exact) mass is 490 g/mol. The Labute approximate surface area is 180 Å². The van der Waals surface area contributed by atoms with E-state index in [1.807, 2.05) is 25.8 Å². The number of carbonyl (C=O) groups excluding carboxylic acids is 1. The highest BCUT2D eigenvalue weighted by Crippen LogP contribution is 2.60. The summed E-state index contributed by atoms with van der Waals surface area (Å²) in [7, 11) is 1.89. The van der Waals surface area contributed by atoms with Gasteiger partial charge in [-0.25, -0.2) is 0 Å². The lowest BCUT2D eigenvalue weighted by Gasteiger charge is -2.57. The summed E-state index contributed by atoms with van der Waals surface area (Å²) in [6, 6.07) is 0.506. The van der Waals surface area contributed by atoms with Crippen molar-refractivity contribution in [1.29, 1.82) is 0 Å². The van der Waals surface area contributed by atoms with Gasteiger partial charge in [0.15, 0.2) is 5.96 Å². The number of guanidine groups is 1. The van der Waals surface area contributed by atoms with E-state index in [1.54, 1.807) is 0 Å². The first-order chi connectivity index (χ1) is 12.6. The van der Waals surface area contributed by atoms with Crippen molar-refractivity contribution in [2.24, 2.45) is 22.2 Å². The summed E-state index contributed by atoms with van der Waals surface area (Å²) in [6.45, 7) is 8.19. The number of ether oxygens (including phenoxy) is 1. The number of piperazine rings is 1. The highest BCUT2D eigenvalue weighted by Gasteiger charge is 2.65. The molecule has 3 atom stereocenters. The average molecular weight is 490 g/mol. The number of amides is 1. The number of halogens is 1. The molecule has 0 aromatic rings. The second-order valence-corrected chi connectivity index (χ2v) is 8.82. The Morgan fingerprint density at radius 1 is 1.15 bits per heavy atom. The molecule has 0 radical (unpaired) electrons. The van der Waals surface area contributed by atoms with Crippen molar-refractivity contribution in [3.05, 3.63) is 0 Å². The molecule has 4 aliphatic rings. The smallest absolute Gasteiger partial charge is 0.225 e. The maximum atomic E-state index is 12.2. The molecule has 7 heteroatoms. The Balaban J connectivity index is 0.00000210. The van der Waals surface area contributed by atoms with Crippen LogP contribution in [-0.2, 0) is 9.53 Å². The standard InChI is InChI=1S/C20H34N4O2.HI/c1-14(2)18(25)23-9-11-24(12-10-23)19(21-3)22-16-15-6-13-26-17(15)20(16)7-4-5-8-20;/h14-17H,4-13H2,1-3H3,(H,21,22);1H. The molecule has 154 valence electrons. The maximum absolute atomic E-state index is 12.2. The van der Waals surface area contributed by atoms with E-state index >= 15 is 0 Å². The van der Waals surface area contributed by atoms with E-state index in [0.717, 1.165) is 38.7 Å². The fourth-order valence-electron chi connectivity index (χ4n) is 5.84. The minimum absolute atomic E-state index is 0. The minimum atomic E-state index is 0. The van der Waals surface area contributed by atoms with E-state index in [1.165, 1.54) is 32.1 Å². The molecule has 2 saturated heterocycles. The fourth-order valence-corrected chi connectivity index (χ4v) is 5.84. The molecular weight excluding hydrogens is 455 g/mol. The van der Waals surface area contributed by atoms with Crippen LogP contribution in [0.4, 0.5) is 0 Å². The van der Waals surface area contributed by atoms with Gasteiger partial charge in [-0.05, 0) is 19.3 Å². The second-order valence-electron chi connectivity index (χ2n) is 8.82. The molecule has 1 spiro atoms. The molecule has 3 unspecified atom stereocenters. The number of carbonyl (C=O) groups is 1. The lowest BCUT2D eigenvalue weighted by atomic mass is 9.54. The SMILES string of the molecule is CN=C(NC1C2CCOC2C12CCCC2)N1CCN(C(=O)C(C)C)CC1.I. The Hall–Kier alpha value is -0.570. The summed E-state index contributed by atoms with van der Waals surface area (Å²) in [4.78, 5) is 21.1. The van der Waals surface area contributed by atoms with Crippen molar-refractivity contribution in [3.8, 4) is 0 Å². The molecule has 4 fully saturated rings. The zero-order chi connectivity index (χ0) is 18.3. The molecular formula is C20H35IN4O2. The lowest BCUT2D eigenvalue weighted by molar-refractivity contribution is -0.135. The molecule has 2 heterocycles.